The van der Waals surface area contributed by atoms with E-state index in [-0.39, 0.29) is 11.1 Å². The molecule has 5 heteroatoms. The third-order valence-corrected chi connectivity index (χ3v) is 3.18. The summed E-state index contributed by atoms with van der Waals surface area (Å²) in [6.45, 7) is 2.56. The first-order chi connectivity index (χ1) is 10.2. The number of nitrogens with zero attached hydrogens (tertiary/aromatic N) is 3. The number of benzene rings is 1. The van der Waals surface area contributed by atoms with Gasteiger partial charge in [0.05, 0.1) is 12.8 Å². The maximum Gasteiger partial charge on any atom is 0.284 e. The first-order valence-corrected chi connectivity index (χ1v) is 6.86. The molecule has 108 valence electrons. The Labute approximate surface area is 123 Å². The Kier molecular flexibility index (Phi) is 4.72. The van der Waals surface area contributed by atoms with E-state index in [1.54, 1.807) is 7.11 Å². The van der Waals surface area contributed by atoms with Crippen molar-refractivity contribution >= 4 is 0 Å². The Hall–Kier alpha value is -2.61. The van der Waals surface area contributed by atoms with Gasteiger partial charge in [-0.15, -0.1) is 0 Å². The molecule has 0 aliphatic rings. The third-order valence-electron chi connectivity index (χ3n) is 3.18. The highest BCUT2D eigenvalue weighted by Crippen LogP contribution is 2.21. The van der Waals surface area contributed by atoms with E-state index < -0.39 is 0 Å². The topological polar surface area (TPSA) is 67.9 Å². The lowest BCUT2D eigenvalue weighted by atomic mass is 10.1. The van der Waals surface area contributed by atoms with E-state index in [0.717, 1.165) is 18.4 Å². The highest BCUT2D eigenvalue weighted by Gasteiger charge is 2.10. The summed E-state index contributed by atoms with van der Waals surface area (Å²) >= 11 is 0. The second-order valence-corrected chi connectivity index (χ2v) is 4.67. The van der Waals surface area contributed by atoms with Crippen molar-refractivity contribution in [2.75, 3.05) is 7.11 Å². The molecular formula is C16H17N3O2. The Bertz CT molecular complexity index is 729. The molecule has 2 rings (SSSR count). The van der Waals surface area contributed by atoms with Crippen LogP contribution in [0.4, 0.5) is 0 Å². The largest absolute Gasteiger partial charge is 0.497 e. The molecule has 0 N–H and O–H groups in total. The monoisotopic (exact) mass is 283 g/mol. The molecule has 0 aliphatic carbocycles. The van der Waals surface area contributed by atoms with Gasteiger partial charge in [-0.2, -0.15) is 10.4 Å². The summed E-state index contributed by atoms with van der Waals surface area (Å²) in [6.07, 6.45) is 1.80. The van der Waals surface area contributed by atoms with Gasteiger partial charge in [0.15, 0.2) is 0 Å². The molecule has 1 aromatic heterocycles. The number of rotatable bonds is 5. The smallest absolute Gasteiger partial charge is 0.284 e. The molecule has 0 bridgehead atoms. The van der Waals surface area contributed by atoms with E-state index in [1.165, 1.54) is 10.7 Å². The van der Waals surface area contributed by atoms with Crippen molar-refractivity contribution in [2.45, 2.75) is 26.3 Å². The number of hydrogen-bond donors (Lipinski definition) is 0. The van der Waals surface area contributed by atoms with Crippen LogP contribution in [0.1, 0.15) is 25.3 Å². The number of aryl methyl sites for hydroxylation is 1. The van der Waals surface area contributed by atoms with Gasteiger partial charge in [-0.1, -0.05) is 25.5 Å². The molecular weight excluding hydrogens is 266 g/mol. The molecule has 2 aromatic rings. The third kappa shape index (κ3) is 3.29. The van der Waals surface area contributed by atoms with E-state index >= 15 is 0 Å². The molecule has 0 fully saturated rings. The van der Waals surface area contributed by atoms with Gasteiger partial charge < -0.3 is 4.74 Å². The molecule has 0 saturated heterocycles. The number of methoxy groups -OCH3 is 1. The minimum atomic E-state index is -0.336. The normalized spacial score (nSPS) is 10.1. The number of nitriles is 1. The Morgan fingerprint density at radius 3 is 2.86 bits per heavy atom. The molecule has 5 nitrogen and oxygen atoms in total. The van der Waals surface area contributed by atoms with Crippen molar-refractivity contribution in [3.8, 4) is 23.1 Å². The van der Waals surface area contributed by atoms with Gasteiger partial charge in [0.25, 0.3) is 5.56 Å². The fourth-order valence-electron chi connectivity index (χ4n) is 2.00. The van der Waals surface area contributed by atoms with Gasteiger partial charge in [-0.3, -0.25) is 4.79 Å². The van der Waals surface area contributed by atoms with Crippen molar-refractivity contribution in [1.82, 2.24) is 9.78 Å². The van der Waals surface area contributed by atoms with Gasteiger partial charge in [-0.25, -0.2) is 4.68 Å². The first kappa shape index (κ1) is 14.8. The molecule has 0 amide bonds. The summed E-state index contributed by atoms with van der Waals surface area (Å²) in [5, 5.41) is 13.5. The van der Waals surface area contributed by atoms with E-state index in [1.807, 2.05) is 37.3 Å². The maximum absolute atomic E-state index is 12.1. The zero-order valence-corrected chi connectivity index (χ0v) is 12.2. The minimum absolute atomic E-state index is 0.110. The van der Waals surface area contributed by atoms with Crippen LogP contribution in [0.2, 0.25) is 0 Å². The molecule has 0 aliphatic heterocycles. The van der Waals surface area contributed by atoms with Crippen LogP contribution in [-0.4, -0.2) is 16.9 Å². The first-order valence-electron chi connectivity index (χ1n) is 6.86. The van der Waals surface area contributed by atoms with Crippen molar-refractivity contribution < 1.29 is 4.74 Å². The Morgan fingerprint density at radius 2 is 2.19 bits per heavy atom. The Balaban J connectivity index is 2.53. The van der Waals surface area contributed by atoms with Gasteiger partial charge in [-0.05, 0) is 24.6 Å². The van der Waals surface area contributed by atoms with Crippen molar-refractivity contribution in [2.24, 2.45) is 0 Å². The van der Waals surface area contributed by atoms with Crippen LogP contribution in [-0.2, 0) is 6.54 Å². The van der Waals surface area contributed by atoms with Crippen LogP contribution in [0.15, 0.2) is 35.1 Å². The molecule has 0 saturated carbocycles. The summed E-state index contributed by atoms with van der Waals surface area (Å²) in [5.74, 6) is 0.708. The molecule has 1 heterocycles. The molecule has 0 spiro atoms. The van der Waals surface area contributed by atoms with E-state index in [4.69, 9.17) is 10.00 Å². The van der Waals surface area contributed by atoms with Gasteiger partial charge in [0, 0.05) is 12.1 Å². The predicted octanol–water partition coefficient (Wildman–Crippen LogP) is 2.59. The summed E-state index contributed by atoms with van der Waals surface area (Å²) in [5.41, 5.74) is 1.19. The van der Waals surface area contributed by atoms with Gasteiger partial charge in [0.2, 0.25) is 0 Å². The standard InChI is InChI=1S/C16H17N3O2/c1-3-4-8-19-16(20)13(11-17)10-15(18-19)12-6-5-7-14(9-12)21-2/h5-7,9-10H,3-4,8H2,1-2H3. The van der Waals surface area contributed by atoms with E-state index in [9.17, 15) is 4.79 Å². The number of unbranched alkanes of at least 4 members (excludes halogenated alkanes) is 1. The van der Waals surface area contributed by atoms with Gasteiger partial charge in [0.1, 0.15) is 17.4 Å². The fraction of sp³-hybridized carbons (Fsp3) is 0.312. The summed E-state index contributed by atoms with van der Waals surface area (Å²) in [6, 6.07) is 10.9. The second kappa shape index (κ2) is 6.71. The van der Waals surface area contributed by atoms with Crippen LogP contribution in [0.3, 0.4) is 0 Å². The van der Waals surface area contributed by atoms with E-state index in [2.05, 4.69) is 5.10 Å². The number of hydrogen-bond acceptors (Lipinski definition) is 4. The quantitative estimate of drug-likeness (QED) is 0.845. The second-order valence-electron chi connectivity index (χ2n) is 4.67. The number of ether oxygens (including phenoxy) is 1. The molecule has 0 atom stereocenters. The van der Waals surface area contributed by atoms with Crippen LogP contribution >= 0.6 is 0 Å². The zero-order chi connectivity index (χ0) is 15.2. The zero-order valence-electron chi connectivity index (χ0n) is 12.2. The van der Waals surface area contributed by atoms with Crippen LogP contribution in [0, 0.1) is 11.3 Å². The van der Waals surface area contributed by atoms with Gasteiger partial charge >= 0.3 is 0 Å². The van der Waals surface area contributed by atoms with Crippen LogP contribution in [0.25, 0.3) is 11.3 Å². The lowest BCUT2D eigenvalue weighted by Crippen LogP contribution is -2.25. The molecule has 0 radical (unpaired) electrons. The molecule has 21 heavy (non-hydrogen) atoms. The van der Waals surface area contributed by atoms with E-state index in [0.29, 0.717) is 18.0 Å². The summed E-state index contributed by atoms with van der Waals surface area (Å²) in [4.78, 5) is 12.1. The van der Waals surface area contributed by atoms with Crippen molar-refractivity contribution in [3.05, 3.63) is 46.2 Å². The minimum Gasteiger partial charge on any atom is -0.497 e. The van der Waals surface area contributed by atoms with Crippen molar-refractivity contribution in [1.29, 1.82) is 5.26 Å². The number of aromatic nitrogens is 2. The highest BCUT2D eigenvalue weighted by molar-refractivity contribution is 5.62. The lowest BCUT2D eigenvalue weighted by Gasteiger charge is -2.08. The van der Waals surface area contributed by atoms with Crippen molar-refractivity contribution in [3.63, 3.8) is 0 Å². The molecule has 1 aromatic carbocycles. The lowest BCUT2D eigenvalue weighted by molar-refractivity contribution is 0.415. The Morgan fingerprint density at radius 1 is 1.38 bits per heavy atom. The average Bonchev–Trinajstić information content (AvgIpc) is 2.54. The summed E-state index contributed by atoms with van der Waals surface area (Å²) < 4.78 is 6.56. The van der Waals surface area contributed by atoms with Crippen LogP contribution in [0.5, 0.6) is 5.75 Å². The maximum atomic E-state index is 12.1. The predicted molar refractivity (Wildman–Crippen MR) is 80.1 cm³/mol. The SMILES string of the molecule is CCCCn1nc(-c2cccc(OC)c2)cc(C#N)c1=O. The fourth-order valence-corrected chi connectivity index (χ4v) is 2.00. The average molecular weight is 283 g/mol. The summed E-state index contributed by atoms with van der Waals surface area (Å²) in [7, 11) is 1.59. The highest BCUT2D eigenvalue weighted by atomic mass is 16.5. The van der Waals surface area contributed by atoms with Crippen LogP contribution < -0.4 is 10.3 Å². The molecule has 0 unspecified atom stereocenters.